The van der Waals surface area contributed by atoms with Crippen molar-refractivity contribution in [2.45, 2.75) is 71.3 Å². The number of carbonyl (C=O) groups is 2. The second-order valence-corrected chi connectivity index (χ2v) is 12.2. The lowest BCUT2D eigenvalue weighted by atomic mass is 9.85. The average molecular weight is 608 g/mol. The van der Waals surface area contributed by atoms with Gasteiger partial charge in [0.1, 0.15) is 11.5 Å². The number of nitrogens with zero attached hydrogens (tertiary/aromatic N) is 2. The van der Waals surface area contributed by atoms with E-state index in [2.05, 4.69) is 10.1 Å². The van der Waals surface area contributed by atoms with E-state index in [0.717, 1.165) is 40.3 Å². The SMILES string of the molecule is COc1ccc2c(c1)CC(CCCC(=O)c1ccc(-c3cccc(OC(F)(F)F)c3)c3c1CN(C(=O)NC(C)(C)C)CC3)=N2. The van der Waals surface area contributed by atoms with Crippen LogP contribution in [0.4, 0.5) is 23.7 Å². The van der Waals surface area contributed by atoms with Gasteiger partial charge >= 0.3 is 12.4 Å². The predicted molar refractivity (Wildman–Crippen MR) is 163 cm³/mol. The highest BCUT2D eigenvalue weighted by Crippen LogP contribution is 2.36. The maximum atomic E-state index is 13.6. The van der Waals surface area contributed by atoms with Crippen LogP contribution < -0.4 is 14.8 Å². The van der Waals surface area contributed by atoms with Crippen LogP contribution in [-0.2, 0) is 19.4 Å². The number of benzene rings is 3. The first-order valence-electron chi connectivity index (χ1n) is 14.6. The van der Waals surface area contributed by atoms with Gasteiger partial charge in [0.15, 0.2) is 5.78 Å². The number of urea groups is 1. The highest BCUT2D eigenvalue weighted by molar-refractivity contribution is 6.00. The minimum atomic E-state index is -4.81. The molecule has 10 heteroatoms. The normalized spacial score (nSPS) is 14.4. The standard InChI is InChI=1S/C34H36F3N3O4/c1-33(2,3)39-32(42)40-16-15-27-26(21-7-5-9-25(18-21)44-34(35,36)37)12-13-28(29(27)20-40)31(41)10-6-8-23-17-22-19-24(43-4)11-14-30(22)38-23/h5,7,9,11-14,18-19H,6,8,10,15-17,20H2,1-4H3,(H,39,42). The molecule has 0 aromatic heterocycles. The Hall–Kier alpha value is -4.34. The third-order valence-electron chi connectivity index (χ3n) is 7.69. The van der Waals surface area contributed by atoms with E-state index in [0.29, 0.717) is 48.9 Å². The summed E-state index contributed by atoms with van der Waals surface area (Å²) < 4.78 is 48.2. The largest absolute Gasteiger partial charge is 0.573 e. The molecule has 0 saturated heterocycles. The fraction of sp³-hybridized carbons (Fsp3) is 0.382. The van der Waals surface area contributed by atoms with Crippen molar-refractivity contribution in [3.63, 3.8) is 0 Å². The number of ketones is 1. The summed E-state index contributed by atoms with van der Waals surface area (Å²) in [6, 6.07) is 14.9. The Balaban J connectivity index is 1.38. The molecule has 0 spiro atoms. The van der Waals surface area contributed by atoms with Gasteiger partial charge in [0.25, 0.3) is 0 Å². The lowest BCUT2D eigenvalue weighted by Gasteiger charge is -2.34. The predicted octanol–water partition coefficient (Wildman–Crippen LogP) is 7.81. The highest BCUT2D eigenvalue weighted by Gasteiger charge is 2.32. The number of hydrogen-bond donors (Lipinski definition) is 1. The number of halogens is 3. The molecule has 0 saturated carbocycles. The van der Waals surface area contributed by atoms with Crippen molar-refractivity contribution in [3.05, 3.63) is 76.9 Å². The minimum absolute atomic E-state index is 0.0437. The van der Waals surface area contributed by atoms with Gasteiger partial charge in [-0.25, -0.2) is 4.79 Å². The van der Waals surface area contributed by atoms with Gasteiger partial charge in [-0.05, 0) is 98.2 Å². The van der Waals surface area contributed by atoms with Gasteiger partial charge < -0.3 is 19.7 Å². The first-order valence-corrected chi connectivity index (χ1v) is 14.6. The van der Waals surface area contributed by atoms with Crippen molar-refractivity contribution in [1.82, 2.24) is 10.2 Å². The van der Waals surface area contributed by atoms with Gasteiger partial charge in [-0.1, -0.05) is 24.3 Å². The number of carbonyl (C=O) groups excluding carboxylic acids is 2. The van der Waals surface area contributed by atoms with Gasteiger partial charge in [0, 0.05) is 42.7 Å². The Morgan fingerprint density at radius 1 is 1.00 bits per heavy atom. The van der Waals surface area contributed by atoms with Crippen molar-refractivity contribution < 1.29 is 32.2 Å². The van der Waals surface area contributed by atoms with Crippen LogP contribution in [0.25, 0.3) is 11.1 Å². The molecule has 2 aliphatic heterocycles. The summed E-state index contributed by atoms with van der Waals surface area (Å²) >= 11 is 0. The van der Waals surface area contributed by atoms with Gasteiger partial charge in [-0.2, -0.15) is 0 Å². The van der Waals surface area contributed by atoms with Crippen LogP contribution >= 0.6 is 0 Å². The summed E-state index contributed by atoms with van der Waals surface area (Å²) in [4.78, 5) is 33.1. The van der Waals surface area contributed by atoms with Crippen molar-refractivity contribution >= 4 is 23.2 Å². The van der Waals surface area contributed by atoms with E-state index >= 15 is 0 Å². The lowest BCUT2D eigenvalue weighted by molar-refractivity contribution is -0.274. The van der Waals surface area contributed by atoms with E-state index in [-0.39, 0.29) is 24.1 Å². The zero-order valence-corrected chi connectivity index (χ0v) is 25.3. The quantitative estimate of drug-likeness (QED) is 0.265. The van der Waals surface area contributed by atoms with Crippen LogP contribution in [0.2, 0.25) is 0 Å². The molecule has 0 unspecified atom stereocenters. The van der Waals surface area contributed by atoms with Crippen molar-refractivity contribution in [2.24, 2.45) is 4.99 Å². The van der Waals surface area contributed by atoms with E-state index in [1.165, 1.54) is 18.2 Å². The fourth-order valence-corrected chi connectivity index (χ4v) is 5.74. The number of rotatable bonds is 8. The van der Waals surface area contributed by atoms with Crippen molar-refractivity contribution in [2.75, 3.05) is 13.7 Å². The second-order valence-electron chi connectivity index (χ2n) is 12.2. The maximum absolute atomic E-state index is 13.6. The third-order valence-corrected chi connectivity index (χ3v) is 7.69. The molecule has 2 amide bonds. The van der Waals surface area contributed by atoms with E-state index < -0.39 is 11.9 Å². The van der Waals surface area contributed by atoms with Crippen LogP contribution in [0.3, 0.4) is 0 Å². The molecule has 0 aliphatic carbocycles. The summed E-state index contributed by atoms with van der Waals surface area (Å²) in [7, 11) is 1.63. The molecule has 3 aromatic carbocycles. The minimum Gasteiger partial charge on any atom is -0.497 e. The maximum Gasteiger partial charge on any atom is 0.573 e. The Morgan fingerprint density at radius 2 is 1.80 bits per heavy atom. The summed E-state index contributed by atoms with van der Waals surface area (Å²) in [5.74, 6) is 0.424. The number of fused-ring (bicyclic) bond motifs is 2. The number of amides is 2. The highest BCUT2D eigenvalue weighted by atomic mass is 19.4. The molecular formula is C34H36F3N3O4. The molecule has 0 bridgehead atoms. The van der Waals surface area contributed by atoms with E-state index in [1.54, 1.807) is 30.2 Å². The second kappa shape index (κ2) is 12.3. The molecule has 0 atom stereocenters. The smallest absolute Gasteiger partial charge is 0.497 e. The summed E-state index contributed by atoms with van der Waals surface area (Å²) in [6.07, 6.45) is -2.05. The van der Waals surface area contributed by atoms with Crippen molar-refractivity contribution in [1.29, 1.82) is 0 Å². The molecule has 2 heterocycles. The molecule has 5 rings (SSSR count). The topological polar surface area (TPSA) is 80.2 Å². The summed E-state index contributed by atoms with van der Waals surface area (Å²) in [5, 5.41) is 2.98. The molecule has 44 heavy (non-hydrogen) atoms. The molecule has 0 fully saturated rings. The molecule has 1 N–H and O–H groups in total. The number of aliphatic imine (C=N–C) groups is 1. The zero-order valence-electron chi connectivity index (χ0n) is 25.3. The number of methoxy groups -OCH3 is 1. The summed E-state index contributed by atoms with van der Waals surface area (Å²) in [5.41, 5.74) is 5.98. The van der Waals surface area contributed by atoms with Gasteiger partial charge in [-0.3, -0.25) is 9.79 Å². The van der Waals surface area contributed by atoms with Gasteiger partial charge in [0.05, 0.1) is 12.8 Å². The van der Waals surface area contributed by atoms with Crippen LogP contribution in [0.1, 0.15) is 67.1 Å². The molecule has 7 nitrogen and oxygen atoms in total. The van der Waals surface area contributed by atoms with E-state index in [1.807, 2.05) is 39.0 Å². The molecule has 3 aromatic rings. The number of alkyl halides is 3. The monoisotopic (exact) mass is 607 g/mol. The average Bonchev–Trinajstić information content (AvgIpc) is 3.36. The summed E-state index contributed by atoms with van der Waals surface area (Å²) in [6.45, 7) is 6.32. The first kappa shape index (κ1) is 31.1. The lowest BCUT2D eigenvalue weighted by Crippen LogP contribution is -2.50. The molecule has 0 radical (unpaired) electrons. The first-order chi connectivity index (χ1) is 20.8. The Morgan fingerprint density at radius 3 is 2.52 bits per heavy atom. The Bertz CT molecular complexity index is 1610. The van der Waals surface area contributed by atoms with Gasteiger partial charge in [0.2, 0.25) is 0 Å². The number of nitrogens with one attached hydrogen (secondary N) is 1. The van der Waals surface area contributed by atoms with Crippen LogP contribution in [0.15, 0.2) is 59.6 Å². The Labute approximate surface area is 255 Å². The van der Waals surface area contributed by atoms with Crippen LogP contribution in [0, 0.1) is 0 Å². The van der Waals surface area contributed by atoms with Crippen molar-refractivity contribution in [3.8, 4) is 22.6 Å². The molecule has 2 aliphatic rings. The van der Waals surface area contributed by atoms with E-state index in [4.69, 9.17) is 9.73 Å². The fourth-order valence-electron chi connectivity index (χ4n) is 5.74. The number of ether oxygens (including phenoxy) is 2. The van der Waals surface area contributed by atoms with Gasteiger partial charge in [-0.15, -0.1) is 13.2 Å². The van der Waals surface area contributed by atoms with Crippen LogP contribution in [-0.4, -0.2) is 48.0 Å². The molecule has 232 valence electrons. The van der Waals surface area contributed by atoms with E-state index in [9.17, 15) is 22.8 Å². The number of hydrogen-bond acceptors (Lipinski definition) is 5. The van der Waals surface area contributed by atoms with Crippen LogP contribution in [0.5, 0.6) is 11.5 Å². The zero-order chi connectivity index (χ0) is 31.6. The Kier molecular flexibility index (Phi) is 8.72. The third kappa shape index (κ3) is 7.41. The molecular weight excluding hydrogens is 571 g/mol. The number of Topliss-reactive ketones (excluding diaryl/α,β-unsaturated/α-hetero) is 1.